The molecular weight excluding hydrogens is 365 g/mol. The highest BCUT2D eigenvalue weighted by Gasteiger charge is 2.26. The minimum absolute atomic E-state index is 0.0794. The molecule has 0 aliphatic rings. The zero-order valence-electron chi connectivity index (χ0n) is 11.7. The van der Waals surface area contributed by atoms with Crippen molar-refractivity contribution in [2.24, 2.45) is 0 Å². The van der Waals surface area contributed by atoms with Gasteiger partial charge >= 0.3 is 5.97 Å². The molecule has 1 atom stereocenters. The first-order valence-electron chi connectivity index (χ1n) is 6.76. The van der Waals surface area contributed by atoms with Crippen molar-refractivity contribution in [2.75, 3.05) is 0 Å². The van der Waals surface area contributed by atoms with Crippen LogP contribution in [0.2, 0.25) is 0 Å². The van der Waals surface area contributed by atoms with Crippen molar-refractivity contribution in [3.8, 4) is 0 Å². The van der Waals surface area contributed by atoms with Crippen molar-refractivity contribution in [2.45, 2.75) is 6.04 Å². The first kappa shape index (κ1) is 15.4. The van der Waals surface area contributed by atoms with E-state index < -0.39 is 23.4 Å². The summed E-state index contributed by atoms with van der Waals surface area (Å²) in [7, 11) is 0. The van der Waals surface area contributed by atoms with Gasteiger partial charge in [-0.3, -0.25) is 9.36 Å². The molecule has 116 valence electrons. The summed E-state index contributed by atoms with van der Waals surface area (Å²) in [5, 5.41) is 11.0. The van der Waals surface area contributed by atoms with E-state index in [-0.39, 0.29) is 5.56 Å². The van der Waals surface area contributed by atoms with Crippen molar-refractivity contribution in [3.05, 3.63) is 80.9 Å². The lowest BCUT2D eigenvalue weighted by molar-refractivity contribution is -0.139. The van der Waals surface area contributed by atoms with Gasteiger partial charge in [-0.2, -0.15) is 0 Å². The van der Waals surface area contributed by atoms with E-state index in [1.807, 2.05) is 0 Å². The van der Waals surface area contributed by atoms with E-state index in [1.165, 1.54) is 30.5 Å². The van der Waals surface area contributed by atoms with Crippen molar-refractivity contribution in [3.63, 3.8) is 0 Å². The van der Waals surface area contributed by atoms with Crippen LogP contribution in [0.5, 0.6) is 0 Å². The Hall–Kier alpha value is -2.47. The van der Waals surface area contributed by atoms with Crippen LogP contribution in [0.25, 0.3) is 10.8 Å². The average molecular weight is 376 g/mol. The molecule has 1 unspecified atom stereocenters. The lowest BCUT2D eigenvalue weighted by atomic mass is 10.1. The first-order chi connectivity index (χ1) is 11.0. The molecule has 1 N–H and O–H groups in total. The van der Waals surface area contributed by atoms with Crippen LogP contribution in [0, 0.1) is 5.82 Å². The Balaban J connectivity index is 2.27. The topological polar surface area (TPSA) is 59.3 Å². The number of carboxylic acid groups (broad SMARTS) is 1. The quantitative estimate of drug-likeness (QED) is 0.760. The monoisotopic (exact) mass is 375 g/mol. The van der Waals surface area contributed by atoms with Gasteiger partial charge in [-0.15, -0.1) is 0 Å². The van der Waals surface area contributed by atoms with Gasteiger partial charge in [-0.25, -0.2) is 9.18 Å². The molecule has 1 heterocycles. The summed E-state index contributed by atoms with van der Waals surface area (Å²) in [5.74, 6) is -1.99. The number of carbonyl (C=O) groups is 1. The summed E-state index contributed by atoms with van der Waals surface area (Å²) in [6, 6.07) is 11.0. The van der Waals surface area contributed by atoms with Gasteiger partial charge in [0.15, 0.2) is 6.04 Å². The zero-order chi connectivity index (χ0) is 16.6. The number of pyridine rings is 1. The van der Waals surface area contributed by atoms with Gasteiger partial charge in [-0.05, 0) is 29.0 Å². The minimum Gasteiger partial charge on any atom is -0.479 e. The highest BCUT2D eigenvalue weighted by molar-refractivity contribution is 9.10. The number of aromatic nitrogens is 1. The predicted octanol–water partition coefficient (Wildman–Crippen LogP) is 3.58. The molecule has 1 aromatic heterocycles. The molecule has 3 aromatic rings. The lowest BCUT2D eigenvalue weighted by Gasteiger charge is -2.17. The third-order valence-electron chi connectivity index (χ3n) is 3.57. The molecule has 0 fully saturated rings. The van der Waals surface area contributed by atoms with E-state index >= 15 is 0 Å². The van der Waals surface area contributed by atoms with Crippen molar-refractivity contribution in [1.29, 1.82) is 0 Å². The molecule has 6 heteroatoms. The molecule has 3 rings (SSSR count). The Morgan fingerprint density at radius 3 is 2.52 bits per heavy atom. The fraction of sp³-hybridized carbons (Fsp3) is 0.0588. The number of hydrogen-bond acceptors (Lipinski definition) is 2. The molecule has 0 saturated heterocycles. The SMILES string of the molecule is O=C(O)C(c1cc(Br)ccc1F)n1cc2ccccc2cc1=O. The van der Waals surface area contributed by atoms with E-state index in [0.717, 1.165) is 4.57 Å². The second kappa shape index (κ2) is 5.96. The maximum Gasteiger partial charge on any atom is 0.331 e. The van der Waals surface area contributed by atoms with E-state index in [9.17, 15) is 19.1 Å². The molecule has 0 spiro atoms. The summed E-state index contributed by atoms with van der Waals surface area (Å²) in [6.07, 6.45) is 1.44. The van der Waals surface area contributed by atoms with E-state index in [2.05, 4.69) is 15.9 Å². The number of rotatable bonds is 3. The summed E-state index contributed by atoms with van der Waals surface area (Å²) >= 11 is 3.20. The molecule has 2 aromatic carbocycles. The Kier molecular flexibility index (Phi) is 4.00. The second-order valence-corrected chi connectivity index (χ2v) is 5.97. The first-order valence-corrected chi connectivity index (χ1v) is 7.55. The Morgan fingerprint density at radius 2 is 1.83 bits per heavy atom. The summed E-state index contributed by atoms with van der Waals surface area (Å²) in [5.41, 5.74) is -0.584. The Bertz CT molecular complexity index is 967. The summed E-state index contributed by atoms with van der Waals surface area (Å²) in [4.78, 5) is 24.0. The fourth-order valence-electron chi connectivity index (χ4n) is 2.51. The summed E-state index contributed by atoms with van der Waals surface area (Å²) in [6.45, 7) is 0. The molecule has 0 radical (unpaired) electrons. The normalized spacial score (nSPS) is 12.3. The van der Waals surface area contributed by atoms with Crippen LogP contribution in [-0.2, 0) is 4.79 Å². The van der Waals surface area contributed by atoms with Crippen LogP contribution < -0.4 is 5.56 Å². The van der Waals surface area contributed by atoms with E-state index in [4.69, 9.17) is 0 Å². The molecule has 23 heavy (non-hydrogen) atoms. The number of fused-ring (bicyclic) bond motifs is 1. The molecular formula is C17H11BrFNO3. The Labute approximate surface area is 138 Å². The highest BCUT2D eigenvalue weighted by atomic mass is 79.9. The predicted molar refractivity (Wildman–Crippen MR) is 88.1 cm³/mol. The Morgan fingerprint density at radius 1 is 1.13 bits per heavy atom. The number of hydrogen-bond donors (Lipinski definition) is 1. The molecule has 0 amide bonds. The van der Waals surface area contributed by atoms with Gasteiger partial charge in [-0.1, -0.05) is 40.2 Å². The fourth-order valence-corrected chi connectivity index (χ4v) is 2.89. The van der Waals surface area contributed by atoms with Gasteiger partial charge < -0.3 is 5.11 Å². The zero-order valence-corrected chi connectivity index (χ0v) is 13.3. The van der Waals surface area contributed by atoms with E-state index in [0.29, 0.717) is 15.2 Å². The third-order valence-corrected chi connectivity index (χ3v) is 4.07. The molecule has 0 aliphatic heterocycles. The maximum absolute atomic E-state index is 14.1. The lowest BCUT2D eigenvalue weighted by Crippen LogP contribution is -2.30. The molecule has 4 nitrogen and oxygen atoms in total. The standard InChI is InChI=1S/C17H11BrFNO3/c18-12-5-6-14(19)13(8-12)16(17(22)23)20-9-11-4-2-1-3-10(11)7-15(20)21/h1-9,16H,(H,22,23). The van der Waals surface area contributed by atoms with Crippen LogP contribution in [-0.4, -0.2) is 15.6 Å². The van der Waals surface area contributed by atoms with Gasteiger partial charge in [0.1, 0.15) is 5.82 Å². The second-order valence-electron chi connectivity index (χ2n) is 5.05. The average Bonchev–Trinajstić information content (AvgIpc) is 2.51. The molecule has 0 aliphatic carbocycles. The molecule has 0 bridgehead atoms. The van der Waals surface area contributed by atoms with Crippen LogP contribution in [0.3, 0.4) is 0 Å². The van der Waals surface area contributed by atoms with Crippen molar-refractivity contribution < 1.29 is 14.3 Å². The van der Waals surface area contributed by atoms with E-state index in [1.54, 1.807) is 24.3 Å². The van der Waals surface area contributed by atoms with Crippen LogP contribution in [0.4, 0.5) is 4.39 Å². The number of carboxylic acids is 1. The highest BCUT2D eigenvalue weighted by Crippen LogP contribution is 2.25. The number of nitrogens with zero attached hydrogens (tertiary/aromatic N) is 1. The van der Waals surface area contributed by atoms with Gasteiger partial charge in [0.25, 0.3) is 5.56 Å². The van der Waals surface area contributed by atoms with Crippen molar-refractivity contribution in [1.82, 2.24) is 4.57 Å². The minimum atomic E-state index is -1.44. The maximum atomic E-state index is 14.1. The van der Waals surface area contributed by atoms with Crippen LogP contribution in [0.1, 0.15) is 11.6 Å². The largest absolute Gasteiger partial charge is 0.479 e. The van der Waals surface area contributed by atoms with Gasteiger partial charge in [0.2, 0.25) is 0 Å². The summed E-state index contributed by atoms with van der Waals surface area (Å²) < 4.78 is 15.7. The van der Waals surface area contributed by atoms with Crippen molar-refractivity contribution >= 4 is 32.7 Å². The van der Waals surface area contributed by atoms with Gasteiger partial charge in [0.05, 0.1) is 0 Å². The molecule has 0 saturated carbocycles. The number of benzene rings is 2. The third kappa shape index (κ3) is 2.90. The van der Waals surface area contributed by atoms with Crippen LogP contribution in [0.15, 0.2) is 64.0 Å². The number of aliphatic carboxylic acids is 1. The van der Waals surface area contributed by atoms with Crippen LogP contribution >= 0.6 is 15.9 Å². The smallest absolute Gasteiger partial charge is 0.331 e. The van der Waals surface area contributed by atoms with Gasteiger partial charge in [0, 0.05) is 22.3 Å². The number of halogens is 2.